The maximum atomic E-state index is 1.59. The van der Waals surface area contributed by atoms with Crippen LogP contribution in [0, 0.1) is 23.7 Å². The lowest BCUT2D eigenvalue weighted by Gasteiger charge is -2.14. The van der Waals surface area contributed by atoms with Crippen LogP contribution in [0.15, 0.2) is 0 Å². The molecule has 0 nitrogen and oxygen atoms in total. The molecule has 0 aromatic carbocycles. The Morgan fingerprint density at radius 3 is 1.78 bits per heavy atom. The molecule has 4 aliphatic carbocycles. The van der Waals surface area contributed by atoms with Gasteiger partial charge in [-0.05, 0) is 36.5 Å². The molecule has 0 radical (unpaired) electrons. The van der Waals surface area contributed by atoms with Crippen LogP contribution in [0.1, 0.15) is 32.1 Å². The first-order valence-corrected chi connectivity index (χ1v) is 4.48. The Morgan fingerprint density at radius 2 is 1.22 bits per heavy atom. The van der Waals surface area contributed by atoms with E-state index in [1.807, 2.05) is 0 Å². The van der Waals surface area contributed by atoms with Crippen LogP contribution in [0.4, 0.5) is 0 Å². The molecule has 0 atom stereocenters. The molecular weight excluding hydrogens is 108 g/mol. The molecule has 0 spiro atoms. The van der Waals surface area contributed by atoms with Crippen LogP contribution in [0.3, 0.4) is 0 Å². The fourth-order valence-electron chi connectivity index (χ4n) is 3.05. The average molecular weight is 122 g/mol. The van der Waals surface area contributed by atoms with Gasteiger partial charge in [0.1, 0.15) is 0 Å². The topological polar surface area (TPSA) is 0 Å². The first-order chi connectivity index (χ1) is 4.48. The van der Waals surface area contributed by atoms with Gasteiger partial charge in [0.25, 0.3) is 0 Å². The molecule has 0 N–H and O–H groups in total. The third-order valence-corrected chi connectivity index (χ3v) is 3.72. The molecule has 4 fully saturated rings. The summed E-state index contributed by atoms with van der Waals surface area (Å²) in [5.41, 5.74) is 0. The van der Waals surface area contributed by atoms with E-state index >= 15 is 0 Å². The highest BCUT2D eigenvalue weighted by Crippen LogP contribution is 2.76. The van der Waals surface area contributed by atoms with Gasteiger partial charge in [-0.1, -0.05) is 19.3 Å². The minimum Gasteiger partial charge on any atom is -0.0533 e. The molecule has 9 heavy (non-hydrogen) atoms. The van der Waals surface area contributed by atoms with E-state index in [1.54, 1.807) is 25.7 Å². The van der Waals surface area contributed by atoms with Crippen LogP contribution in [0.25, 0.3) is 0 Å². The van der Waals surface area contributed by atoms with Crippen LogP contribution in [-0.2, 0) is 0 Å². The Kier molecular flexibility index (Phi) is 0.717. The molecule has 0 heteroatoms. The smallest absolute Gasteiger partial charge is 0.0318 e. The van der Waals surface area contributed by atoms with Crippen LogP contribution in [-0.4, -0.2) is 0 Å². The van der Waals surface area contributed by atoms with E-state index in [0.29, 0.717) is 0 Å². The first kappa shape index (κ1) is 4.76. The summed E-state index contributed by atoms with van der Waals surface area (Å²) >= 11 is 0. The summed E-state index contributed by atoms with van der Waals surface area (Å²) in [5, 5.41) is 0. The molecular formula is C9H14. The van der Waals surface area contributed by atoms with E-state index in [0.717, 1.165) is 0 Å². The second-order valence-corrected chi connectivity index (χ2v) is 4.12. The third kappa shape index (κ3) is 0.500. The lowest BCUT2D eigenvalue weighted by Crippen LogP contribution is -2.04. The van der Waals surface area contributed by atoms with Gasteiger partial charge in [0.05, 0.1) is 0 Å². The van der Waals surface area contributed by atoms with Crippen molar-refractivity contribution in [3.63, 3.8) is 0 Å². The van der Waals surface area contributed by atoms with E-state index in [9.17, 15) is 0 Å². The predicted molar refractivity (Wildman–Crippen MR) is 37.0 cm³/mol. The summed E-state index contributed by atoms with van der Waals surface area (Å²) in [6.07, 6.45) is 7.80. The van der Waals surface area contributed by atoms with Gasteiger partial charge in [-0.15, -0.1) is 0 Å². The average Bonchev–Trinajstić information content (AvgIpc) is 2.50. The maximum absolute atomic E-state index is 1.59. The Labute approximate surface area is 56.6 Å². The molecule has 0 saturated heterocycles. The van der Waals surface area contributed by atoms with Gasteiger partial charge in [0.2, 0.25) is 0 Å². The number of hydrogen-bond donors (Lipinski definition) is 0. The molecule has 0 aromatic heterocycles. The summed E-state index contributed by atoms with van der Waals surface area (Å²) in [6.45, 7) is 0. The highest BCUT2D eigenvalue weighted by Gasteiger charge is 2.71. The summed E-state index contributed by atoms with van der Waals surface area (Å²) in [4.78, 5) is 0. The fraction of sp³-hybridized carbons (Fsp3) is 1.00. The molecule has 50 valence electrons. The molecule has 0 unspecified atom stereocenters. The first-order valence-electron chi connectivity index (χ1n) is 4.48. The standard InChI is InChI=1S/C9H14/c1-2-4-6-8-7(5-3-1)9(6)8/h6-9H,1-5H2. The fourth-order valence-corrected chi connectivity index (χ4v) is 3.05. The van der Waals surface area contributed by atoms with Crippen LogP contribution in [0.2, 0.25) is 0 Å². The van der Waals surface area contributed by atoms with Crippen molar-refractivity contribution >= 4 is 0 Å². The largest absolute Gasteiger partial charge is 0.0533 e. The second kappa shape index (κ2) is 1.36. The third-order valence-electron chi connectivity index (χ3n) is 3.72. The molecule has 0 aromatic rings. The maximum Gasteiger partial charge on any atom is -0.0318 e. The molecule has 4 rings (SSSR count). The summed E-state index contributed by atoms with van der Waals surface area (Å²) in [5.74, 6) is 5.03. The van der Waals surface area contributed by atoms with E-state index in [2.05, 4.69) is 0 Å². The molecule has 0 aliphatic heterocycles. The zero-order valence-electron chi connectivity index (χ0n) is 5.84. The van der Waals surface area contributed by atoms with Gasteiger partial charge in [-0.2, -0.15) is 0 Å². The van der Waals surface area contributed by atoms with E-state index in [4.69, 9.17) is 0 Å². The monoisotopic (exact) mass is 122 g/mol. The van der Waals surface area contributed by atoms with Crippen molar-refractivity contribution in [1.29, 1.82) is 0 Å². The van der Waals surface area contributed by atoms with Crippen molar-refractivity contribution in [3.05, 3.63) is 0 Å². The highest BCUT2D eigenvalue weighted by atomic mass is 14.8. The lowest BCUT2D eigenvalue weighted by atomic mass is 9.91. The Hall–Kier alpha value is 0. The van der Waals surface area contributed by atoms with E-state index in [-0.39, 0.29) is 0 Å². The molecule has 2 bridgehead atoms. The highest BCUT2D eigenvalue weighted by molar-refractivity contribution is 5.19. The molecule has 0 amide bonds. The van der Waals surface area contributed by atoms with Crippen molar-refractivity contribution in [2.45, 2.75) is 32.1 Å². The van der Waals surface area contributed by atoms with Crippen molar-refractivity contribution in [1.82, 2.24) is 0 Å². The van der Waals surface area contributed by atoms with Crippen molar-refractivity contribution < 1.29 is 0 Å². The Balaban J connectivity index is 1.70. The molecule has 4 aliphatic rings. The number of rotatable bonds is 0. The number of hydrogen-bond acceptors (Lipinski definition) is 0. The van der Waals surface area contributed by atoms with Gasteiger partial charge in [-0.25, -0.2) is 0 Å². The molecule has 4 saturated carbocycles. The summed E-state index contributed by atoms with van der Waals surface area (Å²) < 4.78 is 0. The normalized spacial score (nSPS) is 61.3. The summed E-state index contributed by atoms with van der Waals surface area (Å²) in [6, 6.07) is 0. The Bertz CT molecular complexity index is 103. The van der Waals surface area contributed by atoms with Gasteiger partial charge in [0, 0.05) is 0 Å². The van der Waals surface area contributed by atoms with Gasteiger partial charge >= 0.3 is 0 Å². The van der Waals surface area contributed by atoms with E-state index in [1.165, 1.54) is 30.1 Å². The van der Waals surface area contributed by atoms with E-state index < -0.39 is 0 Å². The molecule has 0 heterocycles. The second-order valence-electron chi connectivity index (χ2n) is 4.12. The predicted octanol–water partition coefficient (Wildman–Crippen LogP) is 2.44. The van der Waals surface area contributed by atoms with Crippen molar-refractivity contribution in [3.8, 4) is 0 Å². The van der Waals surface area contributed by atoms with Crippen LogP contribution >= 0.6 is 0 Å². The zero-order valence-corrected chi connectivity index (χ0v) is 5.84. The lowest BCUT2D eigenvalue weighted by molar-refractivity contribution is 0.366. The van der Waals surface area contributed by atoms with Crippen molar-refractivity contribution in [2.24, 2.45) is 23.7 Å². The van der Waals surface area contributed by atoms with Gasteiger partial charge in [-0.3, -0.25) is 0 Å². The zero-order chi connectivity index (χ0) is 5.84. The Morgan fingerprint density at radius 1 is 0.667 bits per heavy atom. The van der Waals surface area contributed by atoms with Crippen molar-refractivity contribution in [2.75, 3.05) is 0 Å². The number of fused-ring (bicyclic) bond motifs is 4. The minimum absolute atomic E-state index is 1.25. The quantitative estimate of drug-likeness (QED) is 0.463. The summed E-state index contributed by atoms with van der Waals surface area (Å²) in [7, 11) is 0. The van der Waals surface area contributed by atoms with Crippen LogP contribution < -0.4 is 0 Å². The van der Waals surface area contributed by atoms with Crippen LogP contribution in [0.5, 0.6) is 0 Å². The minimum atomic E-state index is 1.25. The van der Waals surface area contributed by atoms with Gasteiger partial charge < -0.3 is 0 Å². The van der Waals surface area contributed by atoms with Gasteiger partial charge in [0.15, 0.2) is 0 Å². The SMILES string of the molecule is C1CCC2C3C(CC1)C23.